The van der Waals surface area contributed by atoms with Crippen LogP contribution in [0.3, 0.4) is 0 Å². The zero-order valence-electron chi connectivity index (χ0n) is 8.40. The van der Waals surface area contributed by atoms with Crippen LogP contribution in [0.2, 0.25) is 0 Å². The second kappa shape index (κ2) is 3.10. The van der Waals surface area contributed by atoms with Gasteiger partial charge in [0.1, 0.15) is 0 Å². The SMILES string of the molecule is O=C(O)c1c[nH]c2c3ccccc3cc-2c1. The zero-order valence-corrected chi connectivity index (χ0v) is 8.40. The van der Waals surface area contributed by atoms with Crippen molar-refractivity contribution in [1.29, 1.82) is 0 Å². The van der Waals surface area contributed by atoms with Gasteiger partial charge in [0.05, 0.1) is 11.3 Å². The maximum absolute atomic E-state index is 10.8. The standard InChI is InChI=1S/C13H9NO2/c15-13(16)10-6-9-5-8-3-1-2-4-11(8)12(9)14-7-10/h1-7,14H,(H,15,16). The molecule has 16 heavy (non-hydrogen) atoms. The molecule has 0 saturated heterocycles. The van der Waals surface area contributed by atoms with Crippen LogP contribution in [0, 0.1) is 0 Å². The lowest BCUT2D eigenvalue weighted by Crippen LogP contribution is -1.97. The summed E-state index contributed by atoms with van der Waals surface area (Å²) in [6.45, 7) is 0. The van der Waals surface area contributed by atoms with Crippen molar-refractivity contribution < 1.29 is 9.90 Å². The highest BCUT2D eigenvalue weighted by atomic mass is 16.4. The summed E-state index contributed by atoms with van der Waals surface area (Å²) in [5, 5.41) is 11.1. The number of nitrogens with one attached hydrogen (secondary N) is 1. The Morgan fingerprint density at radius 2 is 2.00 bits per heavy atom. The van der Waals surface area contributed by atoms with Crippen LogP contribution in [-0.2, 0) is 0 Å². The number of benzene rings is 1. The first kappa shape index (κ1) is 8.97. The zero-order chi connectivity index (χ0) is 11.1. The minimum Gasteiger partial charge on any atom is -0.478 e. The number of carboxylic acid groups (broad SMARTS) is 1. The van der Waals surface area contributed by atoms with Crippen molar-refractivity contribution in [3.8, 4) is 11.3 Å². The molecule has 1 aliphatic heterocycles. The minimum atomic E-state index is -0.914. The van der Waals surface area contributed by atoms with Crippen LogP contribution in [0.15, 0.2) is 42.6 Å². The van der Waals surface area contributed by atoms with Gasteiger partial charge in [-0.25, -0.2) is 4.79 Å². The van der Waals surface area contributed by atoms with Gasteiger partial charge in [-0.2, -0.15) is 0 Å². The topological polar surface area (TPSA) is 53.1 Å². The summed E-state index contributed by atoms with van der Waals surface area (Å²) in [7, 11) is 0. The molecule has 0 atom stereocenters. The average Bonchev–Trinajstić information content (AvgIpc) is 2.66. The van der Waals surface area contributed by atoms with Crippen molar-refractivity contribution in [2.75, 3.05) is 0 Å². The van der Waals surface area contributed by atoms with Crippen molar-refractivity contribution in [3.05, 3.63) is 48.2 Å². The third kappa shape index (κ3) is 1.18. The van der Waals surface area contributed by atoms with E-state index >= 15 is 0 Å². The van der Waals surface area contributed by atoms with Crippen molar-refractivity contribution >= 4 is 16.7 Å². The van der Waals surface area contributed by atoms with Crippen molar-refractivity contribution in [1.82, 2.24) is 4.98 Å². The van der Waals surface area contributed by atoms with E-state index in [-0.39, 0.29) is 5.56 Å². The lowest BCUT2D eigenvalue weighted by molar-refractivity contribution is 0.0696. The smallest absolute Gasteiger partial charge is 0.337 e. The summed E-state index contributed by atoms with van der Waals surface area (Å²) >= 11 is 0. The Morgan fingerprint density at radius 1 is 1.19 bits per heavy atom. The number of carboxylic acids is 1. The highest BCUT2D eigenvalue weighted by molar-refractivity contribution is 6.02. The summed E-state index contributed by atoms with van der Waals surface area (Å²) in [5.74, 6) is -0.914. The molecule has 0 bridgehead atoms. The van der Waals surface area contributed by atoms with Crippen molar-refractivity contribution in [2.45, 2.75) is 0 Å². The van der Waals surface area contributed by atoms with Crippen molar-refractivity contribution in [2.24, 2.45) is 0 Å². The number of pyridine rings is 1. The van der Waals surface area contributed by atoms with Crippen LogP contribution in [-0.4, -0.2) is 16.1 Å². The number of rotatable bonds is 1. The molecule has 0 aromatic heterocycles. The molecular weight excluding hydrogens is 202 g/mol. The predicted octanol–water partition coefficient (Wildman–Crippen LogP) is 2.97. The lowest BCUT2D eigenvalue weighted by Gasteiger charge is -2.01. The Hall–Kier alpha value is -2.29. The molecule has 0 fully saturated rings. The second-order valence-corrected chi connectivity index (χ2v) is 3.76. The van der Waals surface area contributed by atoms with Gasteiger partial charge in [0.25, 0.3) is 0 Å². The van der Waals surface area contributed by atoms with E-state index in [0.29, 0.717) is 0 Å². The van der Waals surface area contributed by atoms with Gasteiger partial charge in [-0.1, -0.05) is 24.3 Å². The van der Waals surface area contributed by atoms with Crippen molar-refractivity contribution in [3.63, 3.8) is 0 Å². The summed E-state index contributed by atoms with van der Waals surface area (Å²) in [4.78, 5) is 13.9. The molecule has 3 nitrogen and oxygen atoms in total. The molecule has 0 saturated carbocycles. The first-order chi connectivity index (χ1) is 7.75. The fourth-order valence-electron chi connectivity index (χ4n) is 2.00. The van der Waals surface area contributed by atoms with E-state index in [2.05, 4.69) is 4.98 Å². The summed E-state index contributed by atoms with van der Waals surface area (Å²) in [6.07, 6.45) is 1.52. The number of aromatic amines is 1. The monoisotopic (exact) mass is 211 g/mol. The van der Waals surface area contributed by atoms with Crippen LogP contribution in [0.25, 0.3) is 22.0 Å². The van der Waals surface area contributed by atoms with E-state index in [1.807, 2.05) is 30.3 Å². The summed E-state index contributed by atoms with van der Waals surface area (Å²) < 4.78 is 0. The average molecular weight is 211 g/mol. The first-order valence-electron chi connectivity index (χ1n) is 4.99. The van der Waals surface area contributed by atoms with Crippen LogP contribution >= 0.6 is 0 Å². The molecule has 3 heteroatoms. The quantitative estimate of drug-likeness (QED) is 0.650. The molecule has 1 aliphatic carbocycles. The second-order valence-electron chi connectivity index (χ2n) is 3.76. The minimum absolute atomic E-state index is 0.280. The maximum atomic E-state index is 10.8. The van der Waals surface area contributed by atoms with Crippen LogP contribution < -0.4 is 0 Å². The Balaban J connectivity index is 2.37. The molecule has 0 amide bonds. The highest BCUT2D eigenvalue weighted by Gasteiger charge is 2.12. The Bertz CT molecular complexity index is 654. The van der Waals surface area contributed by atoms with Crippen LogP contribution in [0.5, 0.6) is 0 Å². The van der Waals surface area contributed by atoms with Gasteiger partial charge in [-0.3, -0.25) is 0 Å². The van der Waals surface area contributed by atoms with Gasteiger partial charge >= 0.3 is 5.97 Å². The van der Waals surface area contributed by atoms with Gasteiger partial charge in [-0.15, -0.1) is 0 Å². The van der Waals surface area contributed by atoms with Crippen LogP contribution in [0.4, 0.5) is 0 Å². The van der Waals surface area contributed by atoms with Crippen LogP contribution in [0.1, 0.15) is 10.4 Å². The van der Waals surface area contributed by atoms with E-state index in [1.54, 1.807) is 6.07 Å². The molecule has 0 spiro atoms. The van der Waals surface area contributed by atoms with Gasteiger partial charge in [-0.05, 0) is 17.5 Å². The highest BCUT2D eigenvalue weighted by Crippen LogP contribution is 2.32. The normalized spacial score (nSPS) is 11.0. The number of hydrogen-bond acceptors (Lipinski definition) is 1. The molecule has 1 heterocycles. The maximum Gasteiger partial charge on any atom is 0.337 e. The molecular formula is C13H9NO2. The number of hydrogen-bond donors (Lipinski definition) is 2. The van der Waals surface area contributed by atoms with Gasteiger partial charge < -0.3 is 10.1 Å². The molecule has 1 aromatic rings. The summed E-state index contributed by atoms with van der Waals surface area (Å²) in [5.41, 5.74) is 2.20. The van der Waals surface area contributed by atoms with E-state index in [0.717, 1.165) is 22.0 Å². The van der Waals surface area contributed by atoms with Gasteiger partial charge in [0.2, 0.25) is 0 Å². The van der Waals surface area contributed by atoms with Gasteiger partial charge in [0.15, 0.2) is 0 Å². The van der Waals surface area contributed by atoms with E-state index in [9.17, 15) is 4.79 Å². The molecule has 2 N–H and O–H groups in total. The third-order valence-electron chi connectivity index (χ3n) is 2.76. The Morgan fingerprint density at radius 3 is 2.81 bits per heavy atom. The fourth-order valence-corrected chi connectivity index (χ4v) is 2.00. The number of aromatic nitrogens is 1. The van der Waals surface area contributed by atoms with E-state index in [1.165, 1.54) is 6.20 Å². The molecule has 0 radical (unpaired) electrons. The largest absolute Gasteiger partial charge is 0.478 e. The molecule has 2 aliphatic rings. The summed E-state index contributed by atoms with van der Waals surface area (Å²) in [6, 6.07) is 11.7. The number of H-pyrrole nitrogens is 1. The number of fused-ring (bicyclic) bond motifs is 3. The lowest BCUT2D eigenvalue weighted by atomic mass is 10.1. The van der Waals surface area contributed by atoms with E-state index < -0.39 is 5.97 Å². The first-order valence-corrected chi connectivity index (χ1v) is 4.99. The number of carbonyl (C=O) groups is 1. The Labute approximate surface area is 91.7 Å². The van der Waals surface area contributed by atoms with E-state index in [4.69, 9.17) is 5.11 Å². The molecule has 78 valence electrons. The molecule has 1 aromatic carbocycles. The molecule has 0 unspecified atom stereocenters. The molecule has 3 rings (SSSR count). The Kier molecular flexibility index (Phi) is 1.74. The predicted molar refractivity (Wildman–Crippen MR) is 61.9 cm³/mol. The number of aromatic carboxylic acids is 1. The fraction of sp³-hybridized carbons (Fsp3) is 0. The van der Waals surface area contributed by atoms with Gasteiger partial charge in [0, 0.05) is 17.1 Å². The third-order valence-corrected chi connectivity index (χ3v) is 2.76.